The van der Waals surface area contributed by atoms with E-state index in [1.165, 1.54) is 11.3 Å². The third-order valence-electron chi connectivity index (χ3n) is 4.96. The minimum Gasteiger partial charge on any atom is -0.454 e. The second-order valence-corrected chi connectivity index (χ2v) is 8.56. The van der Waals surface area contributed by atoms with Crippen molar-refractivity contribution in [3.63, 3.8) is 0 Å². The molecule has 0 spiro atoms. The monoisotopic (exact) mass is 400 g/mol. The van der Waals surface area contributed by atoms with E-state index in [1.54, 1.807) is 0 Å². The smallest absolute Gasteiger partial charge is 0.261 e. The van der Waals surface area contributed by atoms with Crippen molar-refractivity contribution >= 4 is 23.2 Å². The van der Waals surface area contributed by atoms with Crippen LogP contribution >= 0.6 is 11.3 Å². The average Bonchev–Trinajstić information content (AvgIpc) is 3.39. The van der Waals surface area contributed by atoms with Crippen LogP contribution in [0.2, 0.25) is 0 Å². The summed E-state index contributed by atoms with van der Waals surface area (Å²) in [5, 5.41) is 2.92. The Hall–Kier alpha value is -2.54. The van der Waals surface area contributed by atoms with Crippen LogP contribution in [0.5, 0.6) is 11.5 Å². The molecule has 28 heavy (non-hydrogen) atoms. The summed E-state index contributed by atoms with van der Waals surface area (Å²) < 4.78 is 10.7. The van der Waals surface area contributed by atoms with Crippen LogP contribution in [0.4, 0.5) is 0 Å². The minimum atomic E-state index is -0.0533. The molecular formula is C21H24N2O4S. The van der Waals surface area contributed by atoms with Crippen molar-refractivity contribution in [1.82, 2.24) is 10.2 Å². The Morgan fingerprint density at radius 3 is 2.86 bits per heavy atom. The van der Waals surface area contributed by atoms with Crippen molar-refractivity contribution in [2.75, 3.05) is 13.3 Å². The number of hydrogen-bond donors (Lipinski definition) is 1. The maximum absolute atomic E-state index is 13.0. The molecule has 1 aromatic carbocycles. The molecule has 1 fully saturated rings. The zero-order valence-corrected chi connectivity index (χ0v) is 16.9. The van der Waals surface area contributed by atoms with Crippen molar-refractivity contribution < 1.29 is 19.1 Å². The average molecular weight is 401 g/mol. The fourth-order valence-electron chi connectivity index (χ4n) is 3.68. The molecule has 0 unspecified atom stereocenters. The highest BCUT2D eigenvalue weighted by molar-refractivity contribution is 7.14. The second-order valence-electron chi connectivity index (χ2n) is 7.44. The predicted molar refractivity (Wildman–Crippen MR) is 107 cm³/mol. The lowest BCUT2D eigenvalue weighted by Gasteiger charge is -2.24. The van der Waals surface area contributed by atoms with Gasteiger partial charge in [-0.15, -0.1) is 11.3 Å². The van der Waals surface area contributed by atoms with Gasteiger partial charge in [-0.3, -0.25) is 9.59 Å². The molecule has 7 heteroatoms. The Bertz CT molecular complexity index is 892. The van der Waals surface area contributed by atoms with Crippen molar-refractivity contribution in [3.8, 4) is 11.5 Å². The van der Waals surface area contributed by atoms with Gasteiger partial charge in [0.05, 0.1) is 17.3 Å². The molecule has 1 saturated heterocycles. The summed E-state index contributed by atoms with van der Waals surface area (Å²) in [5.74, 6) is 1.47. The highest BCUT2D eigenvalue weighted by Gasteiger charge is 2.31. The summed E-state index contributed by atoms with van der Waals surface area (Å²) in [5.41, 5.74) is 0.920. The van der Waals surface area contributed by atoms with Crippen molar-refractivity contribution in [2.45, 2.75) is 45.2 Å². The van der Waals surface area contributed by atoms with Crippen LogP contribution < -0.4 is 14.8 Å². The zero-order valence-electron chi connectivity index (χ0n) is 16.1. The van der Waals surface area contributed by atoms with E-state index in [0.717, 1.165) is 35.6 Å². The summed E-state index contributed by atoms with van der Waals surface area (Å²) >= 11 is 1.48. The number of carbonyl (C=O) groups is 2. The van der Waals surface area contributed by atoms with Gasteiger partial charge in [0.15, 0.2) is 11.5 Å². The van der Waals surface area contributed by atoms with Crippen LogP contribution in [-0.4, -0.2) is 36.1 Å². The third kappa shape index (κ3) is 3.85. The molecule has 2 aliphatic heterocycles. The Morgan fingerprint density at radius 1 is 1.21 bits per heavy atom. The molecule has 2 amide bonds. The highest BCUT2D eigenvalue weighted by atomic mass is 32.1. The van der Waals surface area contributed by atoms with Gasteiger partial charge in [-0.1, -0.05) is 6.07 Å². The van der Waals surface area contributed by atoms with E-state index in [2.05, 4.69) is 5.32 Å². The molecule has 0 saturated carbocycles. The molecule has 3 heterocycles. The fourth-order valence-corrected chi connectivity index (χ4v) is 4.73. The second kappa shape index (κ2) is 7.83. The van der Waals surface area contributed by atoms with Crippen LogP contribution in [0.1, 0.15) is 52.8 Å². The van der Waals surface area contributed by atoms with Gasteiger partial charge >= 0.3 is 0 Å². The molecule has 1 aromatic heterocycles. The predicted octanol–water partition coefficient (Wildman–Crippen LogP) is 3.52. The summed E-state index contributed by atoms with van der Waals surface area (Å²) in [7, 11) is 0. The van der Waals surface area contributed by atoms with Gasteiger partial charge in [0.1, 0.15) is 0 Å². The number of rotatable bonds is 5. The van der Waals surface area contributed by atoms with E-state index >= 15 is 0 Å². The maximum Gasteiger partial charge on any atom is 0.261 e. The van der Waals surface area contributed by atoms with Crippen LogP contribution in [0.3, 0.4) is 0 Å². The van der Waals surface area contributed by atoms with Crippen molar-refractivity contribution in [1.29, 1.82) is 0 Å². The Balaban J connectivity index is 1.45. The molecule has 0 radical (unpaired) electrons. The number of nitrogens with one attached hydrogen (secondary N) is 1. The maximum atomic E-state index is 13.0. The molecule has 2 aromatic rings. The molecule has 0 bridgehead atoms. The highest BCUT2D eigenvalue weighted by Crippen LogP contribution is 2.37. The van der Waals surface area contributed by atoms with Crippen LogP contribution in [0, 0.1) is 0 Å². The minimum absolute atomic E-state index is 0.0483. The number of ether oxygens (including phenoxy) is 2. The van der Waals surface area contributed by atoms with E-state index in [0.29, 0.717) is 17.0 Å². The van der Waals surface area contributed by atoms with E-state index in [-0.39, 0.29) is 30.7 Å². The summed E-state index contributed by atoms with van der Waals surface area (Å²) in [6.45, 7) is 4.87. The number of fused-ring (bicyclic) bond motifs is 1. The van der Waals surface area contributed by atoms with Gasteiger partial charge in [-0.25, -0.2) is 0 Å². The first-order valence-corrected chi connectivity index (χ1v) is 10.4. The summed E-state index contributed by atoms with van der Waals surface area (Å²) in [6.07, 6.45) is 2.24. The molecule has 1 N–H and O–H groups in total. The van der Waals surface area contributed by atoms with E-state index < -0.39 is 0 Å². The third-order valence-corrected chi connectivity index (χ3v) is 6.15. The first kappa shape index (κ1) is 18.8. The molecule has 148 valence electrons. The standard InChI is InChI=1S/C21H24N2O4S/c1-13(2)22-21(25)19-8-7-18(28-19)15-4-3-9-23(15)20(24)11-14-5-6-16-17(10-14)27-12-26-16/h5-8,10,13,15H,3-4,9,11-12H2,1-2H3,(H,22,25)/t15-/m0/s1. The first-order valence-electron chi connectivity index (χ1n) is 9.60. The lowest BCUT2D eigenvalue weighted by molar-refractivity contribution is -0.131. The SMILES string of the molecule is CC(C)NC(=O)c1ccc([C@@H]2CCCN2C(=O)Cc2ccc3c(c2)OCO3)s1. The van der Waals surface area contributed by atoms with E-state index in [9.17, 15) is 9.59 Å². The van der Waals surface area contributed by atoms with Crippen molar-refractivity contribution in [2.24, 2.45) is 0 Å². The number of hydrogen-bond acceptors (Lipinski definition) is 5. The van der Waals surface area contributed by atoms with E-state index in [1.807, 2.05) is 49.1 Å². The van der Waals surface area contributed by atoms with Crippen molar-refractivity contribution in [3.05, 3.63) is 45.6 Å². The number of carbonyl (C=O) groups excluding carboxylic acids is 2. The number of nitrogens with zero attached hydrogens (tertiary/aromatic N) is 1. The lowest BCUT2D eigenvalue weighted by atomic mass is 10.1. The zero-order chi connectivity index (χ0) is 19.7. The number of amides is 2. The summed E-state index contributed by atoms with van der Waals surface area (Å²) in [6, 6.07) is 9.63. The first-order chi connectivity index (χ1) is 13.5. The van der Waals surface area contributed by atoms with Gasteiger partial charge in [-0.2, -0.15) is 0 Å². The van der Waals surface area contributed by atoms with Gasteiger partial charge in [-0.05, 0) is 56.5 Å². The molecule has 1 atom stereocenters. The Kier molecular flexibility index (Phi) is 5.26. The van der Waals surface area contributed by atoms with Crippen LogP contribution in [0.15, 0.2) is 30.3 Å². The number of benzene rings is 1. The van der Waals surface area contributed by atoms with Gasteiger partial charge in [0.25, 0.3) is 5.91 Å². The molecule has 0 aliphatic carbocycles. The number of likely N-dealkylation sites (tertiary alicyclic amines) is 1. The summed E-state index contributed by atoms with van der Waals surface area (Å²) in [4.78, 5) is 28.9. The molecular weight excluding hydrogens is 376 g/mol. The van der Waals surface area contributed by atoms with Crippen LogP contribution in [-0.2, 0) is 11.2 Å². The largest absolute Gasteiger partial charge is 0.454 e. The topological polar surface area (TPSA) is 67.9 Å². The number of thiophene rings is 1. The quantitative estimate of drug-likeness (QED) is 0.834. The molecule has 2 aliphatic rings. The van der Waals surface area contributed by atoms with Gasteiger partial charge < -0.3 is 19.7 Å². The van der Waals surface area contributed by atoms with Gasteiger partial charge in [0.2, 0.25) is 12.7 Å². The Labute approximate surface area is 168 Å². The Morgan fingerprint density at radius 2 is 2.04 bits per heavy atom. The fraction of sp³-hybridized carbons (Fsp3) is 0.429. The van der Waals surface area contributed by atoms with E-state index in [4.69, 9.17) is 9.47 Å². The normalized spacial score (nSPS) is 18.0. The van der Waals surface area contributed by atoms with Gasteiger partial charge in [0, 0.05) is 17.5 Å². The molecule has 6 nitrogen and oxygen atoms in total. The molecule has 4 rings (SSSR count). The van der Waals surface area contributed by atoms with Crippen LogP contribution in [0.25, 0.3) is 0 Å². The lowest BCUT2D eigenvalue weighted by Crippen LogP contribution is -2.31.